The van der Waals surface area contributed by atoms with Gasteiger partial charge in [0, 0.05) is 10.6 Å². The molecule has 3 aromatic rings. The number of nitrogens with zero attached hydrogens (tertiary/aromatic N) is 2. The van der Waals surface area contributed by atoms with Gasteiger partial charge < -0.3 is 5.32 Å². The maximum absolute atomic E-state index is 13.0. The van der Waals surface area contributed by atoms with E-state index in [1.165, 1.54) is 21.3 Å². The predicted octanol–water partition coefficient (Wildman–Crippen LogP) is 3.78. The number of amides is 1. The van der Waals surface area contributed by atoms with Crippen molar-refractivity contribution in [1.29, 1.82) is 0 Å². The smallest absolute Gasteiger partial charge is 0.262 e. The number of benzene rings is 1. The zero-order chi connectivity index (χ0) is 19.0. The van der Waals surface area contributed by atoms with E-state index in [0.29, 0.717) is 11.3 Å². The van der Waals surface area contributed by atoms with Crippen molar-refractivity contribution < 1.29 is 4.79 Å². The van der Waals surface area contributed by atoms with Gasteiger partial charge in [0.15, 0.2) is 0 Å². The summed E-state index contributed by atoms with van der Waals surface area (Å²) in [6.07, 6.45) is 5.49. The molecule has 6 heteroatoms. The topological polar surface area (TPSA) is 64.0 Å². The molecule has 2 heterocycles. The number of anilines is 1. The number of carbonyl (C=O) groups is 1. The van der Waals surface area contributed by atoms with Gasteiger partial charge in [-0.1, -0.05) is 26.0 Å². The third-order valence-electron chi connectivity index (χ3n) is 5.24. The van der Waals surface area contributed by atoms with E-state index in [1.54, 1.807) is 11.3 Å². The van der Waals surface area contributed by atoms with Gasteiger partial charge in [-0.15, -0.1) is 11.3 Å². The molecular weight excluding hydrogens is 358 g/mol. The van der Waals surface area contributed by atoms with Crippen LogP contribution in [-0.4, -0.2) is 15.5 Å². The SMILES string of the molecule is CCc1ccc(NC(=O)Cn2cnc3sc4c(c3c2=O)CC[C@H](C)C4)cc1. The van der Waals surface area contributed by atoms with Crippen LogP contribution in [0.1, 0.15) is 36.3 Å². The van der Waals surface area contributed by atoms with Gasteiger partial charge in [0.05, 0.1) is 11.7 Å². The molecule has 0 bridgehead atoms. The Labute approximate surface area is 162 Å². The summed E-state index contributed by atoms with van der Waals surface area (Å²) in [5.41, 5.74) is 3.00. The number of fused-ring (bicyclic) bond motifs is 3. The van der Waals surface area contributed by atoms with Crippen molar-refractivity contribution in [2.75, 3.05) is 5.32 Å². The Morgan fingerprint density at radius 2 is 2.11 bits per heavy atom. The molecule has 4 rings (SSSR count). The zero-order valence-corrected chi connectivity index (χ0v) is 16.4. The summed E-state index contributed by atoms with van der Waals surface area (Å²) in [7, 11) is 0. The zero-order valence-electron chi connectivity index (χ0n) is 15.6. The Morgan fingerprint density at radius 3 is 2.85 bits per heavy atom. The lowest BCUT2D eigenvalue weighted by Crippen LogP contribution is -2.28. The molecule has 5 nitrogen and oxygen atoms in total. The maximum Gasteiger partial charge on any atom is 0.262 e. The fraction of sp³-hybridized carbons (Fsp3) is 0.381. The van der Waals surface area contributed by atoms with Crippen molar-refractivity contribution in [2.45, 2.75) is 46.1 Å². The second-order valence-corrected chi connectivity index (χ2v) is 8.39. The van der Waals surface area contributed by atoms with Crippen LogP contribution in [0.3, 0.4) is 0 Å². The van der Waals surface area contributed by atoms with Crippen molar-refractivity contribution in [2.24, 2.45) is 5.92 Å². The number of thiophene rings is 1. The van der Waals surface area contributed by atoms with Gasteiger partial charge in [0.2, 0.25) is 5.91 Å². The normalized spacial score (nSPS) is 16.3. The second kappa shape index (κ2) is 7.27. The van der Waals surface area contributed by atoms with Crippen LogP contribution in [0.25, 0.3) is 10.2 Å². The molecule has 0 radical (unpaired) electrons. The van der Waals surface area contributed by atoms with E-state index < -0.39 is 0 Å². The lowest BCUT2D eigenvalue weighted by atomic mass is 9.89. The number of aryl methyl sites for hydroxylation is 2. The Balaban J connectivity index is 1.57. The summed E-state index contributed by atoms with van der Waals surface area (Å²) >= 11 is 1.63. The summed E-state index contributed by atoms with van der Waals surface area (Å²) in [4.78, 5) is 31.9. The molecule has 0 saturated carbocycles. The molecule has 0 saturated heterocycles. The highest BCUT2D eigenvalue weighted by Crippen LogP contribution is 2.35. The maximum atomic E-state index is 13.0. The monoisotopic (exact) mass is 381 g/mol. The second-order valence-electron chi connectivity index (χ2n) is 7.31. The van der Waals surface area contributed by atoms with E-state index in [2.05, 4.69) is 24.1 Å². The van der Waals surface area contributed by atoms with Gasteiger partial charge in [-0.05, 0) is 54.9 Å². The number of rotatable bonds is 4. The van der Waals surface area contributed by atoms with Gasteiger partial charge in [-0.2, -0.15) is 0 Å². The fourth-order valence-corrected chi connectivity index (χ4v) is 5.00. The average Bonchev–Trinajstić information content (AvgIpc) is 3.02. The Kier molecular flexibility index (Phi) is 4.83. The molecule has 1 N–H and O–H groups in total. The molecule has 140 valence electrons. The minimum Gasteiger partial charge on any atom is -0.325 e. The quantitative estimate of drug-likeness (QED) is 0.748. The summed E-state index contributed by atoms with van der Waals surface area (Å²) < 4.78 is 1.42. The number of hydrogen-bond donors (Lipinski definition) is 1. The van der Waals surface area contributed by atoms with Crippen LogP contribution in [0.15, 0.2) is 35.4 Å². The molecule has 1 amide bonds. The first-order chi connectivity index (χ1) is 13.0. The number of carbonyl (C=O) groups excluding carboxylic acids is 1. The van der Waals surface area contributed by atoms with Crippen molar-refractivity contribution in [3.63, 3.8) is 0 Å². The van der Waals surface area contributed by atoms with Crippen molar-refractivity contribution in [3.8, 4) is 0 Å². The van der Waals surface area contributed by atoms with Gasteiger partial charge in [-0.25, -0.2) is 4.98 Å². The van der Waals surface area contributed by atoms with Crippen LogP contribution in [0.2, 0.25) is 0 Å². The van der Waals surface area contributed by atoms with Crippen molar-refractivity contribution >= 4 is 33.1 Å². The molecule has 0 spiro atoms. The molecule has 0 aliphatic heterocycles. The van der Waals surface area contributed by atoms with E-state index in [9.17, 15) is 9.59 Å². The highest BCUT2D eigenvalue weighted by atomic mass is 32.1. The highest BCUT2D eigenvalue weighted by Gasteiger charge is 2.23. The Morgan fingerprint density at radius 1 is 1.33 bits per heavy atom. The first-order valence-corrected chi connectivity index (χ1v) is 10.2. The van der Waals surface area contributed by atoms with Gasteiger partial charge in [0.1, 0.15) is 11.4 Å². The molecule has 27 heavy (non-hydrogen) atoms. The molecule has 1 aliphatic rings. The van der Waals surface area contributed by atoms with E-state index in [0.717, 1.165) is 41.8 Å². The van der Waals surface area contributed by atoms with E-state index in [1.807, 2.05) is 24.3 Å². The van der Waals surface area contributed by atoms with Gasteiger partial charge in [0.25, 0.3) is 5.56 Å². The minimum absolute atomic E-state index is 0.0294. The van der Waals surface area contributed by atoms with Crippen LogP contribution in [0, 0.1) is 5.92 Å². The summed E-state index contributed by atoms with van der Waals surface area (Å²) in [6.45, 7) is 4.31. The molecule has 1 atom stereocenters. The van der Waals surface area contributed by atoms with Gasteiger partial charge >= 0.3 is 0 Å². The van der Waals surface area contributed by atoms with Crippen LogP contribution in [-0.2, 0) is 30.6 Å². The lowest BCUT2D eigenvalue weighted by molar-refractivity contribution is -0.116. The molecule has 0 unspecified atom stereocenters. The summed E-state index contributed by atoms with van der Waals surface area (Å²) in [5.74, 6) is 0.429. The Hall–Kier alpha value is -2.47. The highest BCUT2D eigenvalue weighted by molar-refractivity contribution is 7.18. The number of aromatic nitrogens is 2. The minimum atomic E-state index is -0.222. The first kappa shape index (κ1) is 17.9. The van der Waals surface area contributed by atoms with Crippen LogP contribution < -0.4 is 10.9 Å². The van der Waals surface area contributed by atoms with E-state index in [4.69, 9.17) is 0 Å². The molecule has 2 aromatic heterocycles. The summed E-state index contributed by atoms with van der Waals surface area (Å²) in [5, 5.41) is 3.57. The van der Waals surface area contributed by atoms with Crippen LogP contribution in [0.5, 0.6) is 0 Å². The third-order valence-corrected chi connectivity index (χ3v) is 6.40. The van der Waals surface area contributed by atoms with E-state index >= 15 is 0 Å². The number of nitrogens with one attached hydrogen (secondary N) is 1. The molecule has 0 fully saturated rings. The van der Waals surface area contributed by atoms with Crippen LogP contribution >= 0.6 is 11.3 Å². The van der Waals surface area contributed by atoms with Gasteiger partial charge in [-0.3, -0.25) is 14.2 Å². The largest absolute Gasteiger partial charge is 0.325 e. The van der Waals surface area contributed by atoms with E-state index in [-0.39, 0.29) is 18.0 Å². The average molecular weight is 382 g/mol. The lowest BCUT2D eigenvalue weighted by Gasteiger charge is -2.17. The molecule has 1 aromatic carbocycles. The fourth-order valence-electron chi connectivity index (χ4n) is 3.66. The standard InChI is InChI=1S/C21H23N3O2S/c1-3-14-5-7-15(8-6-14)23-18(25)11-24-12-22-20-19(21(24)26)16-9-4-13(2)10-17(16)27-20/h5-8,12-13H,3-4,9-11H2,1-2H3,(H,23,25)/t13-/m0/s1. The van der Waals surface area contributed by atoms with Crippen molar-refractivity contribution in [1.82, 2.24) is 9.55 Å². The Bertz CT molecular complexity index is 1050. The first-order valence-electron chi connectivity index (χ1n) is 9.43. The number of hydrogen-bond acceptors (Lipinski definition) is 4. The molecule has 1 aliphatic carbocycles. The summed E-state index contributed by atoms with van der Waals surface area (Å²) in [6, 6.07) is 7.76. The molecular formula is C21H23N3O2S. The third kappa shape index (κ3) is 3.54. The van der Waals surface area contributed by atoms with Crippen molar-refractivity contribution in [3.05, 3.63) is 57.0 Å². The predicted molar refractivity (Wildman–Crippen MR) is 110 cm³/mol. The van der Waals surface area contributed by atoms with Crippen LogP contribution in [0.4, 0.5) is 5.69 Å².